The number of hydrogen-bond acceptors (Lipinski definition) is 2. The van der Waals surface area contributed by atoms with E-state index in [9.17, 15) is 9.18 Å². The maximum atomic E-state index is 13.1. The zero-order valence-electron chi connectivity index (χ0n) is 11.5. The summed E-state index contributed by atoms with van der Waals surface area (Å²) >= 11 is 0. The first-order valence-electron chi connectivity index (χ1n) is 6.83. The highest BCUT2D eigenvalue weighted by molar-refractivity contribution is 5.96. The minimum absolute atomic E-state index is 0.0276. The number of rotatable bonds is 2. The highest BCUT2D eigenvalue weighted by Gasteiger charge is 2.31. The number of aryl methyl sites for hydroxylation is 1. The molecule has 104 valence electrons. The number of halogens is 1. The van der Waals surface area contributed by atoms with Gasteiger partial charge in [0.05, 0.1) is 0 Å². The third-order valence-electron chi connectivity index (χ3n) is 3.95. The SMILES string of the molecule is Cc1cc(F)ccc1C(=O)N1C(C)CCCC1CN. The summed E-state index contributed by atoms with van der Waals surface area (Å²) in [6.07, 6.45) is 3.06. The molecule has 19 heavy (non-hydrogen) atoms. The van der Waals surface area contributed by atoms with Crippen LogP contribution in [0.2, 0.25) is 0 Å². The molecule has 1 aromatic rings. The Morgan fingerprint density at radius 2 is 2.21 bits per heavy atom. The monoisotopic (exact) mass is 264 g/mol. The zero-order valence-corrected chi connectivity index (χ0v) is 11.5. The van der Waals surface area contributed by atoms with E-state index in [-0.39, 0.29) is 23.8 Å². The predicted molar refractivity (Wildman–Crippen MR) is 73.5 cm³/mol. The number of nitrogens with two attached hydrogens (primary N) is 1. The molecule has 1 aliphatic rings. The number of amides is 1. The van der Waals surface area contributed by atoms with Crippen molar-refractivity contribution in [2.75, 3.05) is 6.54 Å². The van der Waals surface area contributed by atoms with Gasteiger partial charge in [-0.3, -0.25) is 4.79 Å². The van der Waals surface area contributed by atoms with Crippen molar-refractivity contribution >= 4 is 5.91 Å². The number of benzene rings is 1. The number of carbonyl (C=O) groups excluding carboxylic acids is 1. The molecule has 1 aromatic carbocycles. The van der Waals surface area contributed by atoms with Crippen molar-refractivity contribution in [1.29, 1.82) is 0 Å². The Kier molecular flexibility index (Phi) is 4.20. The fourth-order valence-electron chi connectivity index (χ4n) is 2.89. The van der Waals surface area contributed by atoms with Crippen LogP contribution < -0.4 is 5.73 Å². The van der Waals surface area contributed by atoms with E-state index in [1.807, 2.05) is 4.90 Å². The molecule has 2 unspecified atom stereocenters. The summed E-state index contributed by atoms with van der Waals surface area (Å²) < 4.78 is 13.1. The molecule has 0 aliphatic carbocycles. The van der Waals surface area contributed by atoms with Gasteiger partial charge in [0.15, 0.2) is 0 Å². The summed E-state index contributed by atoms with van der Waals surface area (Å²) in [5.41, 5.74) is 7.04. The van der Waals surface area contributed by atoms with Crippen molar-refractivity contribution in [3.8, 4) is 0 Å². The lowest BCUT2D eigenvalue weighted by molar-refractivity contribution is 0.0493. The normalized spacial score (nSPS) is 23.5. The van der Waals surface area contributed by atoms with Crippen molar-refractivity contribution in [2.45, 2.75) is 45.2 Å². The van der Waals surface area contributed by atoms with E-state index in [1.54, 1.807) is 13.0 Å². The standard InChI is InChI=1S/C15H21FN2O/c1-10-8-12(16)6-7-14(10)15(19)18-11(2)4-3-5-13(18)9-17/h6-8,11,13H,3-5,9,17H2,1-2H3. The largest absolute Gasteiger partial charge is 0.332 e. The van der Waals surface area contributed by atoms with Crippen LogP contribution in [0.25, 0.3) is 0 Å². The van der Waals surface area contributed by atoms with E-state index in [4.69, 9.17) is 5.73 Å². The number of carbonyl (C=O) groups is 1. The average molecular weight is 264 g/mol. The third-order valence-corrected chi connectivity index (χ3v) is 3.95. The zero-order chi connectivity index (χ0) is 14.0. The molecule has 2 atom stereocenters. The fraction of sp³-hybridized carbons (Fsp3) is 0.533. The minimum Gasteiger partial charge on any atom is -0.332 e. The Hall–Kier alpha value is -1.42. The molecule has 2 rings (SSSR count). The Labute approximate surface area is 113 Å². The summed E-state index contributed by atoms with van der Waals surface area (Å²) in [6, 6.07) is 4.60. The topological polar surface area (TPSA) is 46.3 Å². The smallest absolute Gasteiger partial charge is 0.254 e. The number of hydrogen-bond donors (Lipinski definition) is 1. The molecule has 1 heterocycles. The number of likely N-dealkylation sites (tertiary alicyclic amines) is 1. The van der Waals surface area contributed by atoms with E-state index in [2.05, 4.69) is 6.92 Å². The summed E-state index contributed by atoms with van der Waals surface area (Å²) in [5, 5.41) is 0. The van der Waals surface area contributed by atoms with Crippen LogP contribution in [-0.4, -0.2) is 29.4 Å². The second-order valence-electron chi connectivity index (χ2n) is 5.34. The molecule has 0 bridgehead atoms. The molecular formula is C15H21FN2O. The van der Waals surface area contributed by atoms with E-state index in [1.165, 1.54) is 12.1 Å². The summed E-state index contributed by atoms with van der Waals surface area (Å²) in [6.45, 7) is 4.30. The van der Waals surface area contributed by atoms with Crippen LogP contribution in [0.5, 0.6) is 0 Å². The summed E-state index contributed by atoms with van der Waals surface area (Å²) in [5.74, 6) is -0.337. The van der Waals surface area contributed by atoms with Crippen LogP contribution in [0.4, 0.5) is 4.39 Å². The van der Waals surface area contributed by atoms with Gasteiger partial charge in [-0.2, -0.15) is 0 Å². The number of nitrogens with zero attached hydrogens (tertiary/aromatic N) is 1. The van der Waals surface area contributed by atoms with E-state index < -0.39 is 0 Å². The Bertz CT molecular complexity index is 475. The van der Waals surface area contributed by atoms with Gasteiger partial charge in [0, 0.05) is 24.2 Å². The van der Waals surface area contributed by atoms with E-state index in [0.717, 1.165) is 19.3 Å². The van der Waals surface area contributed by atoms with Gasteiger partial charge < -0.3 is 10.6 Å². The van der Waals surface area contributed by atoms with Gasteiger partial charge in [-0.15, -0.1) is 0 Å². The second kappa shape index (κ2) is 5.70. The van der Waals surface area contributed by atoms with Gasteiger partial charge in [-0.25, -0.2) is 4.39 Å². The molecule has 0 saturated carbocycles. The highest BCUT2D eigenvalue weighted by atomic mass is 19.1. The van der Waals surface area contributed by atoms with Gasteiger partial charge in [-0.05, 0) is 56.9 Å². The van der Waals surface area contributed by atoms with Gasteiger partial charge in [0.1, 0.15) is 5.82 Å². The fourth-order valence-corrected chi connectivity index (χ4v) is 2.89. The molecule has 0 aromatic heterocycles. The van der Waals surface area contributed by atoms with Crippen LogP contribution in [0.1, 0.15) is 42.1 Å². The minimum atomic E-state index is -0.309. The molecule has 4 heteroatoms. The quantitative estimate of drug-likeness (QED) is 0.892. The van der Waals surface area contributed by atoms with Crippen LogP contribution in [0.15, 0.2) is 18.2 Å². The van der Waals surface area contributed by atoms with Crippen molar-refractivity contribution in [2.24, 2.45) is 5.73 Å². The van der Waals surface area contributed by atoms with E-state index >= 15 is 0 Å². The first-order chi connectivity index (χ1) is 9.04. The lowest BCUT2D eigenvalue weighted by Gasteiger charge is -2.40. The Balaban J connectivity index is 2.30. The second-order valence-corrected chi connectivity index (χ2v) is 5.34. The van der Waals surface area contributed by atoms with Crippen LogP contribution in [0.3, 0.4) is 0 Å². The summed E-state index contributed by atoms with van der Waals surface area (Å²) in [7, 11) is 0. The summed E-state index contributed by atoms with van der Waals surface area (Å²) in [4.78, 5) is 14.5. The van der Waals surface area contributed by atoms with E-state index in [0.29, 0.717) is 17.7 Å². The maximum absolute atomic E-state index is 13.1. The number of piperidine rings is 1. The van der Waals surface area contributed by atoms with Crippen LogP contribution in [-0.2, 0) is 0 Å². The van der Waals surface area contributed by atoms with Crippen molar-refractivity contribution < 1.29 is 9.18 Å². The Morgan fingerprint density at radius 1 is 1.47 bits per heavy atom. The molecule has 2 N–H and O–H groups in total. The lowest BCUT2D eigenvalue weighted by Crippen LogP contribution is -2.52. The first-order valence-corrected chi connectivity index (χ1v) is 6.83. The van der Waals surface area contributed by atoms with Gasteiger partial charge in [-0.1, -0.05) is 0 Å². The van der Waals surface area contributed by atoms with Gasteiger partial charge >= 0.3 is 0 Å². The molecule has 0 radical (unpaired) electrons. The molecule has 1 aliphatic heterocycles. The van der Waals surface area contributed by atoms with Crippen LogP contribution in [0, 0.1) is 12.7 Å². The lowest BCUT2D eigenvalue weighted by atomic mass is 9.94. The Morgan fingerprint density at radius 3 is 2.84 bits per heavy atom. The van der Waals surface area contributed by atoms with Gasteiger partial charge in [0.2, 0.25) is 0 Å². The molecule has 1 saturated heterocycles. The molecular weight excluding hydrogens is 243 g/mol. The van der Waals surface area contributed by atoms with Crippen molar-refractivity contribution in [3.63, 3.8) is 0 Å². The van der Waals surface area contributed by atoms with Crippen LogP contribution >= 0.6 is 0 Å². The first kappa shape index (κ1) is 14.0. The average Bonchev–Trinajstić information content (AvgIpc) is 2.37. The molecule has 1 fully saturated rings. The highest BCUT2D eigenvalue weighted by Crippen LogP contribution is 2.25. The van der Waals surface area contributed by atoms with Crippen molar-refractivity contribution in [3.05, 3.63) is 35.1 Å². The predicted octanol–water partition coefficient (Wildman–Crippen LogP) is 2.48. The molecule has 1 amide bonds. The van der Waals surface area contributed by atoms with Crippen molar-refractivity contribution in [1.82, 2.24) is 4.90 Å². The molecule has 3 nitrogen and oxygen atoms in total. The molecule has 0 spiro atoms. The third kappa shape index (κ3) is 2.78. The maximum Gasteiger partial charge on any atom is 0.254 e. The van der Waals surface area contributed by atoms with Gasteiger partial charge in [0.25, 0.3) is 5.91 Å².